The number of halogens is 6. The fraction of sp³-hybridized carbons (Fsp3) is 0.833. The lowest BCUT2D eigenvalue weighted by Crippen LogP contribution is -2.39. The molecule has 0 aliphatic carbocycles. The summed E-state index contributed by atoms with van der Waals surface area (Å²) in [5.74, 6) is 0. The Hall–Kier alpha value is -2.14. The summed E-state index contributed by atoms with van der Waals surface area (Å²) in [6, 6.07) is 0. The van der Waals surface area contributed by atoms with Gasteiger partial charge in [0.1, 0.15) is 0 Å². The van der Waals surface area contributed by atoms with Crippen molar-refractivity contribution in [1.29, 1.82) is 0 Å². The van der Waals surface area contributed by atoms with Crippen LogP contribution in [0, 0.1) is 0 Å². The van der Waals surface area contributed by atoms with Crippen LogP contribution in [0.2, 0.25) is 0 Å². The number of nitrogens with zero attached hydrogens (tertiary/aromatic N) is 4. The number of rotatable bonds is 20. The number of nitrogens with one attached hydrogen (secondary N) is 2. The van der Waals surface area contributed by atoms with Gasteiger partial charge in [0.05, 0.1) is 65.5 Å². The summed E-state index contributed by atoms with van der Waals surface area (Å²) in [6.45, 7) is 14.5. The van der Waals surface area contributed by atoms with Gasteiger partial charge < -0.3 is 33.8 Å². The van der Waals surface area contributed by atoms with E-state index < -0.39 is 51.1 Å². The van der Waals surface area contributed by atoms with E-state index in [1.807, 2.05) is 0 Å². The summed E-state index contributed by atoms with van der Waals surface area (Å²) in [5.41, 5.74) is -11.2. The highest BCUT2D eigenvalue weighted by atomic mass is 32.3. The molecular formula is C24H46F6N6O11S4. The van der Waals surface area contributed by atoms with Crippen LogP contribution >= 0.6 is 0 Å². The molecule has 2 aliphatic heterocycles. The third-order valence-electron chi connectivity index (χ3n) is 5.65. The monoisotopic (exact) mass is 836 g/mol. The van der Waals surface area contributed by atoms with Gasteiger partial charge in [-0.1, -0.05) is 13.8 Å². The van der Waals surface area contributed by atoms with Crippen molar-refractivity contribution in [2.45, 2.75) is 37.7 Å². The highest BCUT2D eigenvalue weighted by molar-refractivity contribution is 8.05. The lowest BCUT2D eigenvalue weighted by atomic mass is 10.4. The average Bonchev–Trinajstić information content (AvgIpc) is 3.58. The molecule has 0 aromatic rings. The third kappa shape index (κ3) is 23.2. The van der Waals surface area contributed by atoms with Crippen molar-refractivity contribution < 1.29 is 74.2 Å². The number of ether oxygens (including phenoxy) is 3. The Morgan fingerprint density at radius 3 is 0.980 bits per heavy atom. The third-order valence-corrected chi connectivity index (χ3v) is 11.0. The van der Waals surface area contributed by atoms with Gasteiger partial charge >= 0.3 is 31.1 Å². The van der Waals surface area contributed by atoms with Crippen LogP contribution in [0.15, 0.2) is 24.8 Å². The molecule has 0 fully saturated rings. The molecule has 2 aliphatic rings. The van der Waals surface area contributed by atoms with Crippen molar-refractivity contribution in [3.8, 4) is 0 Å². The van der Waals surface area contributed by atoms with Gasteiger partial charge in [-0.25, -0.2) is 33.7 Å². The van der Waals surface area contributed by atoms with Crippen molar-refractivity contribution in [2.75, 3.05) is 91.7 Å². The quantitative estimate of drug-likeness (QED) is 0.128. The second-order valence-corrected chi connectivity index (χ2v) is 17.9. The normalized spacial score (nSPS) is 15.6. The van der Waals surface area contributed by atoms with Crippen LogP contribution in [-0.2, 0) is 54.3 Å². The minimum Gasteiger partial charge on any atom is -0.377 e. The van der Waals surface area contributed by atoms with Crippen molar-refractivity contribution >= 4 is 40.1 Å². The molecule has 0 spiro atoms. The molecule has 0 aromatic carbocycles. The van der Waals surface area contributed by atoms with Crippen LogP contribution < -0.4 is 8.25 Å². The first kappa shape index (κ1) is 48.9. The van der Waals surface area contributed by atoms with Crippen molar-refractivity contribution in [1.82, 2.24) is 27.9 Å². The van der Waals surface area contributed by atoms with Crippen LogP contribution in [0.5, 0.6) is 0 Å². The van der Waals surface area contributed by atoms with Gasteiger partial charge in [-0.2, -0.15) is 26.3 Å². The Kier molecular flexibility index (Phi) is 21.2. The molecule has 0 atom stereocenters. The van der Waals surface area contributed by atoms with E-state index in [0.717, 1.165) is 52.7 Å². The summed E-state index contributed by atoms with van der Waals surface area (Å²) >= 11 is 0. The predicted octanol–water partition coefficient (Wildman–Crippen LogP) is 0.719. The molecule has 17 nitrogen and oxygen atoms in total. The SMILES string of the molecule is CCCN1C=CN(CCOCCOCCOCCN2C=CN(CCC)C2)C1.CS(=O)(=O)NS(=O)(=O)C(F)(F)F.CS(=O)(=O)NS(=O)(=O)C(F)(F)F. The number of hydrogen-bond acceptors (Lipinski definition) is 15. The second-order valence-electron chi connectivity index (χ2n) is 10.6. The lowest BCUT2D eigenvalue weighted by molar-refractivity contribution is -0.0446. The maximum Gasteiger partial charge on any atom is 0.512 e. The topological polar surface area (TPSA) is 201 Å². The predicted molar refractivity (Wildman–Crippen MR) is 174 cm³/mol. The average molecular weight is 837 g/mol. The molecule has 51 heavy (non-hydrogen) atoms. The van der Waals surface area contributed by atoms with Gasteiger partial charge in [0.25, 0.3) is 0 Å². The summed E-state index contributed by atoms with van der Waals surface area (Å²) in [7, 11) is -20.4. The van der Waals surface area contributed by atoms with E-state index in [2.05, 4.69) is 58.2 Å². The zero-order chi connectivity index (χ0) is 39.6. The molecule has 304 valence electrons. The van der Waals surface area contributed by atoms with Gasteiger partial charge in [-0.3, -0.25) is 0 Å². The summed E-state index contributed by atoms with van der Waals surface area (Å²) in [5, 5.41) is 0. The standard InChI is InChI=1S/C20H38N4O3.2C2H4F3NO4S2/c1-3-5-21-7-9-23(19-21)11-13-25-15-17-27-18-16-26-14-12-24-10-8-22(20-24)6-4-2;2*1-11(7,8)6-12(9,10)2(3,4)5/h7-10H,3-6,11-20H2,1-2H3;2*6H,1H3. The second kappa shape index (κ2) is 22.2. The number of hydrogen-bond donors (Lipinski definition) is 2. The first-order chi connectivity index (χ1) is 23.2. The van der Waals surface area contributed by atoms with Crippen LogP contribution in [0.3, 0.4) is 0 Å². The first-order valence-electron chi connectivity index (χ1n) is 14.9. The van der Waals surface area contributed by atoms with Crippen LogP contribution in [0.25, 0.3) is 0 Å². The van der Waals surface area contributed by atoms with Crippen LogP contribution in [0.4, 0.5) is 26.3 Å². The van der Waals surface area contributed by atoms with Crippen LogP contribution in [0.1, 0.15) is 26.7 Å². The molecule has 0 saturated carbocycles. The molecule has 2 N–H and O–H groups in total. The number of alkyl halides is 6. The summed E-state index contributed by atoms with van der Waals surface area (Å²) in [4.78, 5) is 9.21. The molecule has 2 heterocycles. The minimum atomic E-state index is -5.79. The molecule has 0 unspecified atom stereocenters. The zero-order valence-corrected chi connectivity index (χ0v) is 31.7. The van der Waals surface area contributed by atoms with Crippen LogP contribution in [-0.4, -0.2) is 156 Å². The van der Waals surface area contributed by atoms with E-state index in [4.69, 9.17) is 14.2 Å². The molecular weight excluding hydrogens is 791 g/mol. The molecule has 0 bridgehead atoms. The van der Waals surface area contributed by atoms with E-state index in [1.165, 1.54) is 12.8 Å². The summed E-state index contributed by atoms with van der Waals surface area (Å²) < 4.78 is 167. The van der Waals surface area contributed by atoms with Crippen molar-refractivity contribution in [2.24, 2.45) is 0 Å². The molecule has 2 rings (SSSR count). The van der Waals surface area contributed by atoms with Crippen molar-refractivity contribution in [3.63, 3.8) is 0 Å². The largest absolute Gasteiger partial charge is 0.512 e. The zero-order valence-electron chi connectivity index (χ0n) is 28.4. The number of sulfonamides is 4. The minimum absolute atomic E-state index is 0.302. The van der Waals surface area contributed by atoms with Gasteiger partial charge in [-0.15, -0.1) is 8.25 Å². The van der Waals surface area contributed by atoms with Gasteiger partial charge in [-0.05, 0) is 12.8 Å². The molecule has 0 radical (unpaired) electrons. The Morgan fingerprint density at radius 1 is 0.510 bits per heavy atom. The Bertz CT molecular complexity index is 1400. The van der Waals surface area contributed by atoms with Gasteiger partial charge in [0.15, 0.2) is 0 Å². The molecule has 0 aromatic heterocycles. The molecule has 0 amide bonds. The van der Waals surface area contributed by atoms with Crippen molar-refractivity contribution in [3.05, 3.63) is 24.8 Å². The maximum absolute atomic E-state index is 11.4. The smallest absolute Gasteiger partial charge is 0.377 e. The van der Waals surface area contributed by atoms with E-state index in [0.29, 0.717) is 47.2 Å². The fourth-order valence-corrected chi connectivity index (χ4v) is 7.53. The highest BCUT2D eigenvalue weighted by Gasteiger charge is 2.48. The van der Waals surface area contributed by atoms with Gasteiger partial charge in [0.2, 0.25) is 20.0 Å². The Labute approximate surface area is 295 Å². The van der Waals surface area contributed by atoms with Gasteiger partial charge in [0, 0.05) is 51.0 Å². The van der Waals surface area contributed by atoms with E-state index in [-0.39, 0.29) is 0 Å². The Balaban J connectivity index is 0.000000865. The fourth-order valence-electron chi connectivity index (χ4n) is 3.59. The van der Waals surface area contributed by atoms with E-state index >= 15 is 0 Å². The Morgan fingerprint density at radius 2 is 0.765 bits per heavy atom. The first-order valence-corrected chi connectivity index (χ1v) is 21.6. The van der Waals surface area contributed by atoms with E-state index in [9.17, 15) is 60.0 Å². The lowest BCUT2D eigenvalue weighted by Gasteiger charge is -2.20. The molecule has 27 heteroatoms. The summed E-state index contributed by atoms with van der Waals surface area (Å²) in [6.07, 6.45) is 11.6. The maximum atomic E-state index is 11.4. The highest BCUT2D eigenvalue weighted by Crippen LogP contribution is 2.22. The van der Waals surface area contributed by atoms with E-state index in [1.54, 1.807) is 0 Å². The molecule has 0 saturated heterocycles.